The second kappa shape index (κ2) is 6.16. The van der Waals surface area contributed by atoms with E-state index < -0.39 is 0 Å². The van der Waals surface area contributed by atoms with Gasteiger partial charge in [-0.1, -0.05) is 6.07 Å². The van der Waals surface area contributed by atoms with E-state index in [1.165, 1.54) is 5.69 Å². The number of cyclic esters (lactones) is 1. The highest BCUT2D eigenvalue weighted by Crippen LogP contribution is 2.27. The van der Waals surface area contributed by atoms with Crippen molar-refractivity contribution in [3.8, 4) is 5.75 Å². The van der Waals surface area contributed by atoms with Gasteiger partial charge >= 0.3 is 5.97 Å². The van der Waals surface area contributed by atoms with E-state index in [9.17, 15) is 4.79 Å². The summed E-state index contributed by atoms with van der Waals surface area (Å²) in [4.78, 5) is 16.6. The molecular formula is C17H24N2O3. The van der Waals surface area contributed by atoms with E-state index in [1.807, 2.05) is 19.1 Å². The van der Waals surface area contributed by atoms with Crippen molar-refractivity contribution in [2.45, 2.75) is 38.5 Å². The van der Waals surface area contributed by atoms with Gasteiger partial charge in [0.05, 0.1) is 7.11 Å². The average molecular weight is 304 g/mol. The number of rotatable bonds is 3. The average Bonchev–Trinajstić information content (AvgIpc) is 2.86. The van der Waals surface area contributed by atoms with Crippen LogP contribution in [0.5, 0.6) is 5.75 Å². The van der Waals surface area contributed by atoms with Gasteiger partial charge in [-0.05, 0) is 26.0 Å². The predicted molar refractivity (Wildman–Crippen MR) is 85.3 cm³/mol. The SMILES string of the molecule is COc1cccc(N2CCN([C@@H]3C[C@@H](C)OC3=O)C[C@@H]2C)c1. The van der Waals surface area contributed by atoms with Crippen LogP contribution in [0.1, 0.15) is 20.3 Å². The maximum absolute atomic E-state index is 11.9. The largest absolute Gasteiger partial charge is 0.497 e. The Hall–Kier alpha value is -1.75. The lowest BCUT2D eigenvalue weighted by atomic mass is 10.1. The van der Waals surface area contributed by atoms with Gasteiger partial charge < -0.3 is 14.4 Å². The zero-order valence-corrected chi connectivity index (χ0v) is 13.5. The van der Waals surface area contributed by atoms with Crippen LogP contribution >= 0.6 is 0 Å². The highest BCUT2D eigenvalue weighted by Gasteiger charge is 2.39. The summed E-state index contributed by atoms with van der Waals surface area (Å²) in [5.41, 5.74) is 1.17. The van der Waals surface area contributed by atoms with Crippen LogP contribution in [0.25, 0.3) is 0 Å². The number of ether oxygens (including phenoxy) is 2. The van der Waals surface area contributed by atoms with Gasteiger partial charge in [-0.3, -0.25) is 9.69 Å². The normalized spacial score (nSPS) is 29.5. The zero-order chi connectivity index (χ0) is 15.7. The van der Waals surface area contributed by atoms with Gasteiger partial charge in [0.2, 0.25) is 0 Å². The van der Waals surface area contributed by atoms with Crippen LogP contribution in [0.3, 0.4) is 0 Å². The summed E-state index contributed by atoms with van der Waals surface area (Å²) >= 11 is 0. The molecule has 0 N–H and O–H groups in total. The Kier molecular flexibility index (Phi) is 4.25. The molecule has 2 heterocycles. The fraction of sp³-hybridized carbons (Fsp3) is 0.588. The second-order valence-corrected chi connectivity index (χ2v) is 6.24. The van der Waals surface area contributed by atoms with Crippen molar-refractivity contribution in [3.63, 3.8) is 0 Å². The Balaban J connectivity index is 1.68. The predicted octanol–water partition coefficient (Wildman–Crippen LogP) is 1.91. The van der Waals surface area contributed by atoms with Crippen LogP contribution in [0.2, 0.25) is 0 Å². The molecule has 2 saturated heterocycles. The standard InChI is InChI=1S/C17H24N2O3/c1-12-11-18(16-9-13(2)22-17(16)20)7-8-19(12)14-5-4-6-15(10-14)21-3/h4-6,10,12-13,16H,7-9,11H2,1-3H3/t12-,13+,16+/m0/s1. The Morgan fingerprint density at radius 1 is 1.27 bits per heavy atom. The summed E-state index contributed by atoms with van der Waals surface area (Å²) < 4.78 is 10.6. The number of hydrogen-bond acceptors (Lipinski definition) is 5. The Labute approximate surface area is 131 Å². The van der Waals surface area contributed by atoms with E-state index in [1.54, 1.807) is 7.11 Å². The third-order valence-corrected chi connectivity index (χ3v) is 4.63. The van der Waals surface area contributed by atoms with Crippen molar-refractivity contribution >= 4 is 11.7 Å². The lowest BCUT2D eigenvalue weighted by Gasteiger charge is -2.42. The van der Waals surface area contributed by atoms with Gasteiger partial charge in [-0.15, -0.1) is 0 Å². The molecule has 2 fully saturated rings. The number of carbonyl (C=O) groups is 1. The molecule has 0 unspecified atom stereocenters. The molecule has 0 aliphatic carbocycles. The first-order valence-corrected chi connectivity index (χ1v) is 7.93. The molecule has 0 amide bonds. The zero-order valence-electron chi connectivity index (χ0n) is 13.5. The Morgan fingerprint density at radius 3 is 2.73 bits per heavy atom. The van der Waals surface area contributed by atoms with Gasteiger partial charge in [0.15, 0.2) is 0 Å². The number of anilines is 1. The third-order valence-electron chi connectivity index (χ3n) is 4.63. The molecule has 2 aliphatic heterocycles. The first kappa shape index (κ1) is 15.2. The van der Waals surface area contributed by atoms with Crippen LogP contribution in [-0.2, 0) is 9.53 Å². The van der Waals surface area contributed by atoms with Crippen molar-refractivity contribution < 1.29 is 14.3 Å². The molecule has 0 spiro atoms. The van der Waals surface area contributed by atoms with E-state index in [-0.39, 0.29) is 18.1 Å². The third kappa shape index (κ3) is 2.90. The van der Waals surface area contributed by atoms with E-state index in [4.69, 9.17) is 9.47 Å². The first-order valence-electron chi connectivity index (χ1n) is 7.93. The van der Waals surface area contributed by atoms with E-state index in [0.29, 0.717) is 6.04 Å². The van der Waals surface area contributed by atoms with Gasteiger partial charge in [-0.2, -0.15) is 0 Å². The number of esters is 1. The smallest absolute Gasteiger partial charge is 0.323 e. The summed E-state index contributed by atoms with van der Waals surface area (Å²) in [5.74, 6) is 0.815. The summed E-state index contributed by atoms with van der Waals surface area (Å²) in [7, 11) is 1.69. The fourth-order valence-corrected chi connectivity index (χ4v) is 3.48. The lowest BCUT2D eigenvalue weighted by Crippen LogP contribution is -2.56. The van der Waals surface area contributed by atoms with Gasteiger partial charge in [0.1, 0.15) is 17.9 Å². The van der Waals surface area contributed by atoms with Crippen LogP contribution in [-0.4, -0.2) is 55.8 Å². The monoisotopic (exact) mass is 304 g/mol. The minimum absolute atomic E-state index is 0.0456. The minimum Gasteiger partial charge on any atom is -0.497 e. The molecule has 5 heteroatoms. The molecule has 1 aromatic carbocycles. The van der Waals surface area contributed by atoms with Crippen LogP contribution in [0.15, 0.2) is 24.3 Å². The number of piperazine rings is 1. The molecule has 22 heavy (non-hydrogen) atoms. The molecule has 5 nitrogen and oxygen atoms in total. The maximum Gasteiger partial charge on any atom is 0.323 e. The Bertz CT molecular complexity index is 548. The molecular weight excluding hydrogens is 280 g/mol. The summed E-state index contributed by atoms with van der Waals surface area (Å²) in [6, 6.07) is 8.44. The summed E-state index contributed by atoms with van der Waals surface area (Å²) in [5, 5.41) is 0. The van der Waals surface area contributed by atoms with Crippen LogP contribution in [0, 0.1) is 0 Å². The molecule has 2 aliphatic rings. The number of methoxy groups -OCH3 is 1. The topological polar surface area (TPSA) is 42.0 Å². The van der Waals surface area contributed by atoms with Crippen molar-refractivity contribution in [2.24, 2.45) is 0 Å². The van der Waals surface area contributed by atoms with Crippen molar-refractivity contribution in [1.29, 1.82) is 0 Å². The van der Waals surface area contributed by atoms with E-state index in [0.717, 1.165) is 31.8 Å². The fourth-order valence-electron chi connectivity index (χ4n) is 3.48. The van der Waals surface area contributed by atoms with Crippen molar-refractivity contribution in [3.05, 3.63) is 24.3 Å². The number of benzene rings is 1. The number of carbonyl (C=O) groups excluding carboxylic acids is 1. The summed E-state index contributed by atoms with van der Waals surface area (Å²) in [6.07, 6.45) is 0.856. The molecule has 3 atom stereocenters. The number of hydrogen-bond donors (Lipinski definition) is 0. The maximum atomic E-state index is 11.9. The molecule has 0 saturated carbocycles. The first-order chi connectivity index (χ1) is 10.6. The second-order valence-electron chi connectivity index (χ2n) is 6.24. The van der Waals surface area contributed by atoms with E-state index in [2.05, 4.69) is 28.9 Å². The molecule has 0 radical (unpaired) electrons. The van der Waals surface area contributed by atoms with E-state index >= 15 is 0 Å². The Morgan fingerprint density at radius 2 is 2.09 bits per heavy atom. The molecule has 0 aromatic heterocycles. The lowest BCUT2D eigenvalue weighted by molar-refractivity contribution is -0.145. The molecule has 120 valence electrons. The van der Waals surface area contributed by atoms with Crippen LogP contribution in [0.4, 0.5) is 5.69 Å². The van der Waals surface area contributed by atoms with Gasteiger partial charge in [-0.25, -0.2) is 0 Å². The quantitative estimate of drug-likeness (QED) is 0.798. The number of nitrogens with zero attached hydrogens (tertiary/aromatic N) is 2. The minimum atomic E-state index is -0.0649. The highest BCUT2D eigenvalue weighted by molar-refractivity contribution is 5.78. The molecule has 3 rings (SSSR count). The highest BCUT2D eigenvalue weighted by atomic mass is 16.6. The molecule has 1 aromatic rings. The van der Waals surface area contributed by atoms with Crippen LogP contribution < -0.4 is 9.64 Å². The van der Waals surface area contributed by atoms with Gasteiger partial charge in [0.25, 0.3) is 0 Å². The van der Waals surface area contributed by atoms with Crippen molar-refractivity contribution in [2.75, 3.05) is 31.6 Å². The molecule has 0 bridgehead atoms. The van der Waals surface area contributed by atoms with Crippen molar-refractivity contribution in [1.82, 2.24) is 4.90 Å². The van der Waals surface area contributed by atoms with Gasteiger partial charge in [0, 0.05) is 43.9 Å². The summed E-state index contributed by atoms with van der Waals surface area (Å²) in [6.45, 7) is 6.84.